The molecule has 0 bridgehead atoms. The monoisotopic (exact) mass is 383 g/mol. The van der Waals surface area contributed by atoms with Crippen LogP contribution in [0.5, 0.6) is 11.5 Å². The lowest BCUT2D eigenvalue weighted by Gasteiger charge is -2.14. The third kappa shape index (κ3) is 3.49. The number of aromatic nitrogens is 4. The number of benzene rings is 2. The fourth-order valence-electron chi connectivity index (χ4n) is 3.94. The second kappa shape index (κ2) is 7.47. The van der Waals surface area contributed by atoms with Crippen molar-refractivity contribution < 1.29 is 4.74 Å². The Morgan fingerprint density at radius 2 is 1.59 bits per heavy atom. The van der Waals surface area contributed by atoms with Crippen molar-refractivity contribution in [3.05, 3.63) is 66.5 Å². The van der Waals surface area contributed by atoms with E-state index in [0.29, 0.717) is 23.1 Å². The zero-order valence-corrected chi connectivity index (χ0v) is 16.0. The number of fused-ring (bicyclic) bond motifs is 1. The van der Waals surface area contributed by atoms with Crippen molar-refractivity contribution in [1.82, 2.24) is 20.2 Å². The number of hydrogen-bond donors (Lipinski definition) is 1. The molecule has 1 aliphatic carbocycles. The molecule has 0 amide bonds. The van der Waals surface area contributed by atoms with Crippen LogP contribution in [0.3, 0.4) is 0 Å². The molecular formula is C23H21N5O. The second-order valence-electron chi connectivity index (χ2n) is 7.35. The van der Waals surface area contributed by atoms with Gasteiger partial charge in [0, 0.05) is 16.9 Å². The molecule has 6 nitrogen and oxygen atoms in total. The lowest BCUT2D eigenvalue weighted by molar-refractivity contribution is 0.483. The van der Waals surface area contributed by atoms with Crippen molar-refractivity contribution in [2.45, 2.75) is 31.6 Å². The first-order chi connectivity index (χ1) is 14.3. The van der Waals surface area contributed by atoms with Crippen LogP contribution in [0.2, 0.25) is 0 Å². The number of hydrogen-bond acceptors (Lipinski definition) is 6. The van der Waals surface area contributed by atoms with Gasteiger partial charge in [0.2, 0.25) is 0 Å². The number of nitrogens with two attached hydrogens (primary N) is 1. The van der Waals surface area contributed by atoms with E-state index in [1.807, 2.05) is 54.6 Å². The molecule has 2 aromatic carbocycles. The molecule has 6 heteroatoms. The summed E-state index contributed by atoms with van der Waals surface area (Å²) in [6.45, 7) is 0. The molecule has 0 atom stereocenters. The fraction of sp³-hybridized carbons (Fsp3) is 0.217. The van der Waals surface area contributed by atoms with Gasteiger partial charge in [0.15, 0.2) is 11.6 Å². The van der Waals surface area contributed by atoms with Gasteiger partial charge in [-0.1, -0.05) is 31.0 Å². The van der Waals surface area contributed by atoms with Gasteiger partial charge in [-0.25, -0.2) is 9.97 Å². The molecule has 2 heterocycles. The number of para-hydroxylation sites is 1. The van der Waals surface area contributed by atoms with Gasteiger partial charge in [-0.05, 0) is 49.2 Å². The molecule has 29 heavy (non-hydrogen) atoms. The summed E-state index contributed by atoms with van der Waals surface area (Å²) in [7, 11) is 0. The van der Waals surface area contributed by atoms with Crippen molar-refractivity contribution in [1.29, 1.82) is 0 Å². The lowest BCUT2D eigenvalue weighted by atomic mass is 10.00. The van der Waals surface area contributed by atoms with E-state index < -0.39 is 0 Å². The summed E-state index contributed by atoms with van der Waals surface area (Å²) in [6.07, 6.45) is 6.46. The smallest absolute Gasteiger partial charge is 0.172 e. The van der Waals surface area contributed by atoms with E-state index in [-0.39, 0.29) is 0 Å². The van der Waals surface area contributed by atoms with Crippen molar-refractivity contribution in [3.8, 4) is 22.9 Å². The number of nitrogen functional groups attached to an aromatic ring is 1. The summed E-state index contributed by atoms with van der Waals surface area (Å²) >= 11 is 0. The predicted molar refractivity (Wildman–Crippen MR) is 113 cm³/mol. The van der Waals surface area contributed by atoms with Gasteiger partial charge in [0.1, 0.15) is 17.0 Å². The van der Waals surface area contributed by atoms with Gasteiger partial charge in [-0.2, -0.15) is 5.10 Å². The fourth-order valence-corrected chi connectivity index (χ4v) is 3.94. The molecule has 0 radical (unpaired) electrons. The van der Waals surface area contributed by atoms with E-state index in [1.165, 1.54) is 12.8 Å². The SMILES string of the molecule is Nc1nncc2c(C3CCCC3)nc(-c3ccc(Oc4ccccc4)cc3)nc12. The molecule has 144 valence electrons. The molecule has 1 aliphatic rings. The second-order valence-corrected chi connectivity index (χ2v) is 7.35. The topological polar surface area (TPSA) is 86.8 Å². The Balaban J connectivity index is 1.53. The van der Waals surface area contributed by atoms with Crippen LogP contribution in [-0.4, -0.2) is 20.2 Å². The minimum Gasteiger partial charge on any atom is -0.457 e. The molecule has 2 aromatic heterocycles. The van der Waals surface area contributed by atoms with Gasteiger partial charge in [0.05, 0.1) is 11.9 Å². The summed E-state index contributed by atoms with van der Waals surface area (Å²) in [5.74, 6) is 2.99. The van der Waals surface area contributed by atoms with Crippen LogP contribution in [-0.2, 0) is 0 Å². The van der Waals surface area contributed by atoms with Crippen LogP contribution < -0.4 is 10.5 Å². The molecule has 0 aliphatic heterocycles. The van der Waals surface area contributed by atoms with Crippen LogP contribution in [0.4, 0.5) is 5.82 Å². The highest BCUT2D eigenvalue weighted by molar-refractivity contribution is 5.89. The highest BCUT2D eigenvalue weighted by Gasteiger charge is 2.23. The number of anilines is 1. The Bertz CT molecular complexity index is 1140. The highest BCUT2D eigenvalue weighted by atomic mass is 16.5. The summed E-state index contributed by atoms with van der Waals surface area (Å²) in [5.41, 5.74) is 8.73. The minimum atomic E-state index is 0.342. The summed E-state index contributed by atoms with van der Waals surface area (Å²) in [6, 6.07) is 17.5. The van der Waals surface area contributed by atoms with Crippen molar-refractivity contribution in [3.63, 3.8) is 0 Å². The van der Waals surface area contributed by atoms with Gasteiger partial charge < -0.3 is 10.5 Å². The summed E-state index contributed by atoms with van der Waals surface area (Å²) in [4.78, 5) is 9.64. The molecular weight excluding hydrogens is 362 g/mol. The Morgan fingerprint density at radius 3 is 2.34 bits per heavy atom. The molecule has 4 aromatic rings. The van der Waals surface area contributed by atoms with Crippen LogP contribution in [0.25, 0.3) is 22.3 Å². The zero-order chi connectivity index (χ0) is 19.6. The molecule has 0 unspecified atom stereocenters. The van der Waals surface area contributed by atoms with Crippen LogP contribution in [0.1, 0.15) is 37.3 Å². The molecule has 5 rings (SSSR count). The Kier molecular flexibility index (Phi) is 4.52. The molecule has 0 spiro atoms. The first-order valence-electron chi connectivity index (χ1n) is 9.90. The van der Waals surface area contributed by atoms with Gasteiger partial charge in [-0.3, -0.25) is 0 Å². The third-order valence-corrected chi connectivity index (χ3v) is 5.40. The van der Waals surface area contributed by atoms with Crippen molar-refractivity contribution in [2.24, 2.45) is 0 Å². The summed E-state index contributed by atoms with van der Waals surface area (Å²) < 4.78 is 5.88. The molecule has 0 saturated heterocycles. The van der Waals surface area contributed by atoms with Gasteiger partial charge in [-0.15, -0.1) is 5.10 Å². The van der Waals surface area contributed by atoms with Gasteiger partial charge in [0.25, 0.3) is 0 Å². The van der Waals surface area contributed by atoms with E-state index in [0.717, 1.165) is 41.0 Å². The first-order valence-corrected chi connectivity index (χ1v) is 9.90. The number of nitrogens with zero attached hydrogens (tertiary/aromatic N) is 4. The number of ether oxygens (including phenoxy) is 1. The molecule has 2 N–H and O–H groups in total. The van der Waals surface area contributed by atoms with Crippen LogP contribution in [0, 0.1) is 0 Å². The largest absolute Gasteiger partial charge is 0.457 e. The molecule has 1 fully saturated rings. The average Bonchev–Trinajstić information content (AvgIpc) is 3.30. The minimum absolute atomic E-state index is 0.342. The zero-order valence-electron chi connectivity index (χ0n) is 16.0. The highest BCUT2D eigenvalue weighted by Crippen LogP contribution is 2.37. The Labute approximate surface area is 168 Å². The third-order valence-electron chi connectivity index (χ3n) is 5.40. The van der Waals surface area contributed by atoms with Crippen molar-refractivity contribution in [2.75, 3.05) is 5.73 Å². The van der Waals surface area contributed by atoms with Crippen LogP contribution >= 0.6 is 0 Å². The van der Waals surface area contributed by atoms with E-state index in [9.17, 15) is 0 Å². The maximum atomic E-state index is 6.10. The maximum absolute atomic E-state index is 6.10. The normalized spacial score (nSPS) is 14.3. The number of rotatable bonds is 4. The van der Waals surface area contributed by atoms with E-state index in [2.05, 4.69) is 10.2 Å². The summed E-state index contributed by atoms with van der Waals surface area (Å²) in [5, 5.41) is 8.93. The average molecular weight is 383 g/mol. The van der Waals surface area contributed by atoms with E-state index >= 15 is 0 Å². The standard InChI is InChI=1S/C23H21N5O/c24-22-21-19(14-25-28-22)20(15-6-4-5-7-15)26-23(27-21)16-10-12-18(13-11-16)29-17-8-2-1-3-9-17/h1-3,8-15H,4-7H2,(H2,24,28). The first kappa shape index (κ1) is 17.6. The van der Waals surface area contributed by atoms with Crippen LogP contribution in [0.15, 0.2) is 60.8 Å². The Morgan fingerprint density at radius 1 is 0.862 bits per heavy atom. The van der Waals surface area contributed by atoms with E-state index in [1.54, 1.807) is 6.20 Å². The maximum Gasteiger partial charge on any atom is 0.172 e. The van der Waals surface area contributed by atoms with Gasteiger partial charge >= 0.3 is 0 Å². The quantitative estimate of drug-likeness (QED) is 0.526. The van der Waals surface area contributed by atoms with Crippen molar-refractivity contribution >= 4 is 16.7 Å². The van der Waals surface area contributed by atoms with E-state index in [4.69, 9.17) is 20.4 Å². The Hall–Kier alpha value is -3.54. The predicted octanol–water partition coefficient (Wildman–Crippen LogP) is 5.12. The lowest BCUT2D eigenvalue weighted by Crippen LogP contribution is -2.05. The molecule has 1 saturated carbocycles.